The second kappa shape index (κ2) is 15.0. The number of carbonyl (C=O) groups excluding carboxylic acids is 1. The number of esters is 1. The van der Waals surface area contributed by atoms with Crippen LogP contribution >= 0.6 is 0 Å². The van der Waals surface area contributed by atoms with Crippen molar-refractivity contribution in [2.45, 2.75) is 90.4 Å². The zero-order valence-corrected chi connectivity index (χ0v) is 16.5. The Labute approximate surface area is 155 Å². The van der Waals surface area contributed by atoms with Crippen LogP contribution in [-0.4, -0.2) is 13.1 Å². The van der Waals surface area contributed by atoms with Crippen LogP contribution in [0.25, 0.3) is 0 Å². The molecule has 2 heteroatoms. The van der Waals surface area contributed by atoms with Gasteiger partial charge in [-0.05, 0) is 24.3 Å². The van der Waals surface area contributed by atoms with E-state index in [2.05, 4.69) is 37.3 Å². The van der Waals surface area contributed by atoms with Crippen molar-refractivity contribution in [3.63, 3.8) is 0 Å². The summed E-state index contributed by atoms with van der Waals surface area (Å²) in [4.78, 5) is 11.2. The van der Waals surface area contributed by atoms with Crippen LogP contribution in [0.4, 0.5) is 0 Å². The van der Waals surface area contributed by atoms with E-state index in [0.717, 1.165) is 6.42 Å². The smallest absolute Gasteiger partial charge is 0.305 e. The standard InChI is InChI=1S/C23H38O2/c1-21(20-23(24)25-2)16-12-9-7-5-3-4-6-8-10-13-17-22-18-14-11-15-19-22/h11,14-15,18-19,21H,3-10,12-13,16-17,20H2,1-2H3. The monoisotopic (exact) mass is 346 g/mol. The molecule has 0 N–H and O–H groups in total. The van der Waals surface area contributed by atoms with Gasteiger partial charge < -0.3 is 4.74 Å². The van der Waals surface area contributed by atoms with E-state index in [4.69, 9.17) is 4.74 Å². The number of aryl methyl sites for hydroxylation is 1. The summed E-state index contributed by atoms with van der Waals surface area (Å²) in [6.45, 7) is 2.15. The van der Waals surface area contributed by atoms with Gasteiger partial charge in [0.2, 0.25) is 0 Å². The number of rotatable bonds is 15. The van der Waals surface area contributed by atoms with Gasteiger partial charge in [0.25, 0.3) is 0 Å². The summed E-state index contributed by atoms with van der Waals surface area (Å²) in [5, 5.41) is 0. The average molecular weight is 347 g/mol. The van der Waals surface area contributed by atoms with Gasteiger partial charge in [-0.15, -0.1) is 0 Å². The summed E-state index contributed by atoms with van der Waals surface area (Å²) in [5.41, 5.74) is 1.48. The zero-order valence-electron chi connectivity index (χ0n) is 16.5. The van der Waals surface area contributed by atoms with Gasteiger partial charge in [-0.1, -0.05) is 101 Å². The highest BCUT2D eigenvalue weighted by Crippen LogP contribution is 2.16. The van der Waals surface area contributed by atoms with Crippen molar-refractivity contribution in [3.05, 3.63) is 35.9 Å². The largest absolute Gasteiger partial charge is 0.469 e. The quantitative estimate of drug-likeness (QED) is 0.260. The lowest BCUT2D eigenvalue weighted by Gasteiger charge is -2.09. The number of ether oxygens (including phenoxy) is 1. The minimum atomic E-state index is -0.0729. The Kier molecular flexibility index (Phi) is 13.0. The second-order valence-electron chi connectivity index (χ2n) is 7.45. The first-order valence-electron chi connectivity index (χ1n) is 10.3. The van der Waals surface area contributed by atoms with Gasteiger partial charge in [0.1, 0.15) is 0 Å². The molecule has 0 amide bonds. The van der Waals surface area contributed by atoms with E-state index in [1.54, 1.807) is 0 Å². The van der Waals surface area contributed by atoms with Gasteiger partial charge in [-0.25, -0.2) is 0 Å². The molecule has 0 aliphatic heterocycles. The molecule has 0 aliphatic carbocycles. The Balaban J connectivity index is 1.79. The number of methoxy groups -OCH3 is 1. The number of carbonyl (C=O) groups is 1. The van der Waals surface area contributed by atoms with Crippen LogP contribution in [0.3, 0.4) is 0 Å². The van der Waals surface area contributed by atoms with E-state index >= 15 is 0 Å². The fourth-order valence-corrected chi connectivity index (χ4v) is 3.35. The topological polar surface area (TPSA) is 26.3 Å². The van der Waals surface area contributed by atoms with Crippen molar-refractivity contribution >= 4 is 5.97 Å². The van der Waals surface area contributed by atoms with Crippen LogP contribution in [0.5, 0.6) is 0 Å². The lowest BCUT2D eigenvalue weighted by Crippen LogP contribution is -2.06. The fraction of sp³-hybridized carbons (Fsp3) is 0.696. The fourth-order valence-electron chi connectivity index (χ4n) is 3.35. The summed E-state index contributed by atoms with van der Waals surface area (Å²) >= 11 is 0. The Morgan fingerprint density at radius 2 is 1.36 bits per heavy atom. The third-order valence-corrected chi connectivity index (χ3v) is 5.00. The van der Waals surface area contributed by atoms with Gasteiger partial charge in [0, 0.05) is 6.42 Å². The van der Waals surface area contributed by atoms with E-state index in [9.17, 15) is 4.79 Å². The number of hydrogen-bond acceptors (Lipinski definition) is 2. The van der Waals surface area contributed by atoms with Crippen molar-refractivity contribution in [3.8, 4) is 0 Å². The van der Waals surface area contributed by atoms with Crippen LogP contribution in [-0.2, 0) is 16.0 Å². The van der Waals surface area contributed by atoms with Crippen molar-refractivity contribution in [1.29, 1.82) is 0 Å². The third kappa shape index (κ3) is 12.7. The first-order chi connectivity index (χ1) is 12.2. The van der Waals surface area contributed by atoms with Crippen molar-refractivity contribution in [1.82, 2.24) is 0 Å². The second-order valence-corrected chi connectivity index (χ2v) is 7.45. The molecule has 0 saturated carbocycles. The van der Waals surface area contributed by atoms with E-state index in [1.807, 2.05) is 0 Å². The summed E-state index contributed by atoms with van der Waals surface area (Å²) in [6.07, 6.45) is 16.5. The maximum atomic E-state index is 11.2. The summed E-state index contributed by atoms with van der Waals surface area (Å²) in [7, 11) is 1.47. The van der Waals surface area contributed by atoms with Gasteiger partial charge in [0.15, 0.2) is 0 Å². The lowest BCUT2D eigenvalue weighted by molar-refractivity contribution is -0.141. The van der Waals surface area contributed by atoms with E-state index in [0.29, 0.717) is 12.3 Å². The molecule has 0 saturated heterocycles. The normalized spacial score (nSPS) is 12.1. The first kappa shape index (κ1) is 21.7. The molecule has 0 aliphatic rings. The Hall–Kier alpha value is -1.31. The van der Waals surface area contributed by atoms with E-state index in [1.165, 1.54) is 83.3 Å². The minimum Gasteiger partial charge on any atom is -0.469 e. The highest BCUT2D eigenvalue weighted by molar-refractivity contribution is 5.69. The Morgan fingerprint density at radius 3 is 1.92 bits per heavy atom. The van der Waals surface area contributed by atoms with Crippen molar-refractivity contribution in [2.24, 2.45) is 5.92 Å². The summed E-state index contributed by atoms with van der Waals surface area (Å²) < 4.78 is 4.71. The molecule has 0 bridgehead atoms. The van der Waals surface area contributed by atoms with Crippen LogP contribution in [0.1, 0.15) is 89.5 Å². The molecular weight excluding hydrogens is 308 g/mol. The summed E-state index contributed by atoms with van der Waals surface area (Å²) in [6, 6.07) is 10.8. The Morgan fingerprint density at radius 1 is 0.840 bits per heavy atom. The van der Waals surface area contributed by atoms with Gasteiger partial charge >= 0.3 is 5.97 Å². The highest BCUT2D eigenvalue weighted by atomic mass is 16.5. The molecule has 0 aromatic heterocycles. The molecule has 0 radical (unpaired) electrons. The Bertz CT molecular complexity index is 427. The molecule has 142 valence electrons. The SMILES string of the molecule is COC(=O)CC(C)CCCCCCCCCCCCc1ccccc1. The van der Waals surface area contributed by atoms with Gasteiger partial charge in [0.05, 0.1) is 7.11 Å². The van der Waals surface area contributed by atoms with Crippen LogP contribution in [0.15, 0.2) is 30.3 Å². The van der Waals surface area contributed by atoms with Gasteiger partial charge in [-0.3, -0.25) is 4.79 Å². The molecule has 0 fully saturated rings. The molecule has 1 unspecified atom stereocenters. The third-order valence-electron chi connectivity index (χ3n) is 5.00. The van der Waals surface area contributed by atoms with Crippen LogP contribution < -0.4 is 0 Å². The molecule has 2 nitrogen and oxygen atoms in total. The number of unbranched alkanes of at least 4 members (excludes halogenated alkanes) is 9. The number of benzene rings is 1. The molecule has 0 heterocycles. The first-order valence-corrected chi connectivity index (χ1v) is 10.3. The molecule has 1 aromatic rings. The predicted octanol–water partition coefficient (Wildman–Crippen LogP) is 6.72. The molecular formula is C23H38O2. The lowest BCUT2D eigenvalue weighted by atomic mass is 9.98. The van der Waals surface area contributed by atoms with Crippen molar-refractivity contribution < 1.29 is 9.53 Å². The molecule has 1 aromatic carbocycles. The maximum absolute atomic E-state index is 11.2. The van der Waals surface area contributed by atoms with Crippen LogP contribution in [0.2, 0.25) is 0 Å². The minimum absolute atomic E-state index is 0.0729. The molecule has 25 heavy (non-hydrogen) atoms. The van der Waals surface area contributed by atoms with Crippen LogP contribution in [0, 0.1) is 5.92 Å². The average Bonchev–Trinajstić information content (AvgIpc) is 2.63. The predicted molar refractivity (Wildman–Crippen MR) is 107 cm³/mol. The number of hydrogen-bond donors (Lipinski definition) is 0. The maximum Gasteiger partial charge on any atom is 0.305 e. The van der Waals surface area contributed by atoms with E-state index in [-0.39, 0.29) is 5.97 Å². The zero-order chi connectivity index (χ0) is 18.2. The molecule has 0 spiro atoms. The highest BCUT2D eigenvalue weighted by Gasteiger charge is 2.08. The molecule has 1 rings (SSSR count). The molecule has 1 atom stereocenters. The van der Waals surface area contributed by atoms with Gasteiger partial charge in [-0.2, -0.15) is 0 Å². The van der Waals surface area contributed by atoms with E-state index < -0.39 is 0 Å². The van der Waals surface area contributed by atoms with Crippen molar-refractivity contribution in [2.75, 3.05) is 7.11 Å². The summed E-state index contributed by atoms with van der Waals surface area (Å²) in [5.74, 6) is 0.389.